The quantitative estimate of drug-likeness (QED) is 0.744. The Bertz CT molecular complexity index is 561. The van der Waals surface area contributed by atoms with Gasteiger partial charge >= 0.3 is 0 Å². The van der Waals surface area contributed by atoms with Crippen molar-refractivity contribution < 1.29 is 0 Å². The summed E-state index contributed by atoms with van der Waals surface area (Å²) >= 11 is 0. The number of benzene rings is 2. The number of hydrogen-bond donors (Lipinski definition) is 1. The maximum absolute atomic E-state index is 3.60. The van der Waals surface area contributed by atoms with Gasteiger partial charge in [-0.3, -0.25) is 0 Å². The van der Waals surface area contributed by atoms with E-state index in [0.717, 1.165) is 6.42 Å². The van der Waals surface area contributed by atoms with Crippen LogP contribution in [0.5, 0.6) is 0 Å². The first-order chi connectivity index (χ1) is 9.94. The van der Waals surface area contributed by atoms with Crippen LogP contribution in [-0.4, -0.2) is 0 Å². The number of aryl methyl sites for hydroxylation is 2. The van der Waals surface area contributed by atoms with Gasteiger partial charge < -0.3 is 5.32 Å². The number of anilines is 1. The van der Waals surface area contributed by atoms with E-state index in [1.54, 1.807) is 0 Å². The van der Waals surface area contributed by atoms with Gasteiger partial charge in [0.25, 0.3) is 0 Å². The lowest BCUT2D eigenvalue weighted by Gasteiger charge is -2.17. The highest BCUT2D eigenvalue weighted by atomic mass is 14.9. The second kappa shape index (κ2) is 6.80. The van der Waals surface area contributed by atoms with Gasteiger partial charge in [0.15, 0.2) is 0 Å². The van der Waals surface area contributed by atoms with Crippen LogP contribution in [0.3, 0.4) is 0 Å². The molecule has 0 amide bonds. The molecule has 0 saturated carbocycles. The molecule has 0 aliphatic heterocycles. The third-order valence-corrected chi connectivity index (χ3v) is 3.73. The first-order valence-corrected chi connectivity index (χ1v) is 7.87. The van der Waals surface area contributed by atoms with E-state index in [2.05, 4.69) is 82.4 Å². The summed E-state index contributed by atoms with van der Waals surface area (Å²) in [5.74, 6) is 0.710. The fraction of sp³-hybridized carbons (Fsp3) is 0.400. The maximum atomic E-state index is 3.60. The number of rotatable bonds is 5. The van der Waals surface area contributed by atoms with E-state index in [1.165, 1.54) is 27.9 Å². The van der Waals surface area contributed by atoms with Crippen LogP contribution in [0.4, 0.5) is 5.69 Å². The summed E-state index contributed by atoms with van der Waals surface area (Å²) in [6, 6.07) is 15.9. The molecule has 0 aliphatic carbocycles. The fourth-order valence-corrected chi connectivity index (χ4v) is 2.81. The summed E-state index contributed by atoms with van der Waals surface area (Å²) < 4.78 is 0. The van der Waals surface area contributed by atoms with Crippen LogP contribution in [0.2, 0.25) is 0 Å². The molecule has 1 atom stereocenters. The molecule has 0 radical (unpaired) electrons. The average Bonchev–Trinajstić information content (AvgIpc) is 2.37. The average molecular weight is 281 g/mol. The van der Waals surface area contributed by atoms with Crippen molar-refractivity contribution in [3.8, 4) is 0 Å². The lowest BCUT2D eigenvalue weighted by Crippen LogP contribution is -2.07. The third kappa shape index (κ3) is 4.63. The molecule has 1 nitrogen and oxygen atoms in total. The highest BCUT2D eigenvalue weighted by molar-refractivity contribution is 5.50. The number of nitrogens with one attached hydrogen (secondary N) is 1. The van der Waals surface area contributed by atoms with E-state index < -0.39 is 0 Å². The van der Waals surface area contributed by atoms with Crippen molar-refractivity contribution in [3.63, 3.8) is 0 Å². The second-order valence-corrected chi connectivity index (χ2v) is 6.58. The Morgan fingerprint density at radius 1 is 0.857 bits per heavy atom. The van der Waals surface area contributed by atoms with Crippen molar-refractivity contribution in [1.82, 2.24) is 0 Å². The lowest BCUT2D eigenvalue weighted by molar-refractivity contribution is 0.647. The normalized spacial score (nSPS) is 12.5. The molecule has 0 bridgehead atoms. The third-order valence-electron chi connectivity index (χ3n) is 3.73. The van der Waals surface area contributed by atoms with Crippen LogP contribution in [0.25, 0.3) is 0 Å². The molecule has 2 rings (SSSR count). The van der Waals surface area contributed by atoms with Gasteiger partial charge in [0.2, 0.25) is 0 Å². The molecule has 1 unspecified atom stereocenters. The van der Waals surface area contributed by atoms with E-state index in [0.29, 0.717) is 12.0 Å². The van der Waals surface area contributed by atoms with E-state index in [-0.39, 0.29) is 0 Å². The maximum Gasteiger partial charge on any atom is 0.0485 e. The monoisotopic (exact) mass is 281 g/mol. The Morgan fingerprint density at radius 3 is 1.95 bits per heavy atom. The molecule has 2 aromatic rings. The predicted octanol–water partition coefficient (Wildman–Crippen LogP) is 5.68. The Labute approximate surface area is 129 Å². The van der Waals surface area contributed by atoms with Crippen LogP contribution < -0.4 is 5.32 Å². The highest BCUT2D eigenvalue weighted by Crippen LogP contribution is 2.22. The minimum atomic E-state index is 0.319. The van der Waals surface area contributed by atoms with Crippen molar-refractivity contribution in [2.24, 2.45) is 5.92 Å². The molecule has 0 aliphatic rings. The van der Waals surface area contributed by atoms with Gasteiger partial charge in [0.05, 0.1) is 0 Å². The summed E-state index contributed by atoms with van der Waals surface area (Å²) in [4.78, 5) is 0. The molecule has 0 heterocycles. The summed E-state index contributed by atoms with van der Waals surface area (Å²) in [7, 11) is 0. The Morgan fingerprint density at radius 2 is 1.43 bits per heavy atom. The molecule has 0 aromatic heterocycles. The molecule has 0 saturated heterocycles. The van der Waals surface area contributed by atoms with E-state index in [1.807, 2.05) is 0 Å². The second-order valence-electron chi connectivity index (χ2n) is 6.58. The molecule has 21 heavy (non-hydrogen) atoms. The minimum Gasteiger partial charge on any atom is -0.379 e. The number of hydrogen-bond acceptors (Lipinski definition) is 1. The predicted molar refractivity (Wildman–Crippen MR) is 92.9 cm³/mol. The minimum absolute atomic E-state index is 0.319. The Balaban J connectivity index is 2.07. The molecule has 2 aromatic carbocycles. The fourth-order valence-electron chi connectivity index (χ4n) is 2.81. The van der Waals surface area contributed by atoms with Crippen LogP contribution in [0.1, 0.15) is 49.1 Å². The van der Waals surface area contributed by atoms with Gasteiger partial charge in [-0.25, -0.2) is 0 Å². The summed E-state index contributed by atoms with van der Waals surface area (Å²) in [5, 5.41) is 3.60. The highest BCUT2D eigenvalue weighted by Gasteiger charge is 2.06. The SMILES string of the molecule is Cc1cc(C)cc(NC(C)c2ccc(CC(C)C)cc2)c1. The molecular weight excluding hydrogens is 254 g/mol. The zero-order chi connectivity index (χ0) is 15.4. The molecular formula is C20H27N. The molecule has 0 fully saturated rings. The van der Waals surface area contributed by atoms with Crippen molar-refractivity contribution in [2.45, 2.75) is 47.1 Å². The largest absolute Gasteiger partial charge is 0.379 e. The Kier molecular flexibility index (Phi) is 5.06. The van der Waals surface area contributed by atoms with Crippen molar-refractivity contribution in [1.29, 1.82) is 0 Å². The summed E-state index contributed by atoms with van der Waals surface area (Å²) in [6.07, 6.45) is 1.15. The Hall–Kier alpha value is -1.76. The van der Waals surface area contributed by atoms with Crippen LogP contribution in [0.15, 0.2) is 42.5 Å². The molecule has 1 heteroatoms. The first kappa shape index (κ1) is 15.6. The van der Waals surface area contributed by atoms with Crippen molar-refractivity contribution >= 4 is 5.69 Å². The van der Waals surface area contributed by atoms with E-state index >= 15 is 0 Å². The van der Waals surface area contributed by atoms with Crippen molar-refractivity contribution in [3.05, 3.63) is 64.7 Å². The zero-order valence-electron chi connectivity index (χ0n) is 13.9. The zero-order valence-corrected chi connectivity index (χ0v) is 13.9. The van der Waals surface area contributed by atoms with Gasteiger partial charge in [-0.15, -0.1) is 0 Å². The summed E-state index contributed by atoms with van der Waals surface area (Å²) in [6.45, 7) is 11.0. The van der Waals surface area contributed by atoms with Crippen LogP contribution in [0, 0.1) is 19.8 Å². The topological polar surface area (TPSA) is 12.0 Å². The van der Waals surface area contributed by atoms with Gasteiger partial charge in [-0.1, -0.05) is 44.2 Å². The first-order valence-electron chi connectivity index (χ1n) is 7.87. The van der Waals surface area contributed by atoms with Gasteiger partial charge in [-0.05, 0) is 67.5 Å². The van der Waals surface area contributed by atoms with E-state index in [9.17, 15) is 0 Å². The van der Waals surface area contributed by atoms with Crippen molar-refractivity contribution in [2.75, 3.05) is 5.32 Å². The molecule has 1 N–H and O–H groups in total. The standard InChI is InChI=1S/C20H27N/c1-14(2)10-18-6-8-19(9-7-18)17(5)21-20-12-15(3)11-16(4)13-20/h6-9,11-14,17,21H,10H2,1-5H3. The van der Waals surface area contributed by atoms with Gasteiger partial charge in [0.1, 0.15) is 0 Å². The van der Waals surface area contributed by atoms with E-state index in [4.69, 9.17) is 0 Å². The smallest absolute Gasteiger partial charge is 0.0485 e. The lowest BCUT2D eigenvalue weighted by atomic mass is 9.99. The molecule has 112 valence electrons. The van der Waals surface area contributed by atoms with Gasteiger partial charge in [0, 0.05) is 11.7 Å². The molecule has 0 spiro atoms. The van der Waals surface area contributed by atoms with Gasteiger partial charge in [-0.2, -0.15) is 0 Å². The van der Waals surface area contributed by atoms with Crippen LogP contribution in [-0.2, 0) is 6.42 Å². The summed E-state index contributed by atoms with van der Waals surface area (Å²) in [5.41, 5.74) is 6.56. The van der Waals surface area contributed by atoms with Crippen LogP contribution >= 0.6 is 0 Å².